The van der Waals surface area contributed by atoms with Crippen molar-refractivity contribution < 1.29 is 0 Å². The van der Waals surface area contributed by atoms with E-state index < -0.39 is 0 Å². The van der Waals surface area contributed by atoms with Crippen LogP contribution in [0.15, 0.2) is 22.7 Å². The number of anilines is 1. The van der Waals surface area contributed by atoms with Gasteiger partial charge in [0.1, 0.15) is 0 Å². The maximum Gasteiger partial charge on any atom is 0.0745 e. The Balaban J connectivity index is 2.51. The van der Waals surface area contributed by atoms with E-state index in [4.69, 9.17) is 18.0 Å². The van der Waals surface area contributed by atoms with Gasteiger partial charge in [0.25, 0.3) is 0 Å². The van der Waals surface area contributed by atoms with Gasteiger partial charge in [-0.2, -0.15) is 0 Å². The van der Waals surface area contributed by atoms with Crippen LogP contribution in [0.4, 0.5) is 5.69 Å². The highest BCUT2D eigenvalue weighted by molar-refractivity contribution is 9.10. The van der Waals surface area contributed by atoms with Gasteiger partial charge in [-0.05, 0) is 24.6 Å². The third kappa shape index (κ3) is 3.64. The van der Waals surface area contributed by atoms with E-state index in [0.717, 1.165) is 23.1 Å². The molecule has 0 radical (unpaired) electrons. The van der Waals surface area contributed by atoms with Crippen LogP contribution in [0.3, 0.4) is 0 Å². The molecule has 0 heterocycles. The Kier molecular flexibility index (Phi) is 4.35. The Labute approximate surface area is 98.0 Å². The molecule has 1 rings (SSSR count). The van der Waals surface area contributed by atoms with E-state index in [9.17, 15) is 0 Å². The van der Waals surface area contributed by atoms with E-state index in [1.165, 1.54) is 5.56 Å². The van der Waals surface area contributed by atoms with Crippen LogP contribution in [0.5, 0.6) is 0 Å². The summed E-state index contributed by atoms with van der Waals surface area (Å²) < 4.78 is 1.11. The molecule has 0 aliphatic rings. The van der Waals surface area contributed by atoms with Crippen molar-refractivity contribution in [1.82, 2.24) is 0 Å². The first kappa shape index (κ1) is 11.5. The third-order valence-corrected chi connectivity index (χ3v) is 2.93. The number of hydrogen-bond acceptors (Lipinski definition) is 2. The van der Waals surface area contributed by atoms with Crippen molar-refractivity contribution in [2.75, 3.05) is 11.9 Å². The molecule has 76 valence electrons. The quantitative estimate of drug-likeness (QED) is 0.828. The molecule has 1 aromatic rings. The first-order chi connectivity index (χ1) is 6.59. The van der Waals surface area contributed by atoms with Crippen molar-refractivity contribution in [2.24, 2.45) is 5.73 Å². The fourth-order valence-electron chi connectivity index (χ4n) is 1.03. The topological polar surface area (TPSA) is 38.0 Å². The van der Waals surface area contributed by atoms with E-state index in [1.54, 1.807) is 0 Å². The highest BCUT2D eigenvalue weighted by Gasteiger charge is 1.96. The fraction of sp³-hybridized carbons (Fsp3) is 0.300. The number of thiocarbonyl (C=S) groups is 1. The Bertz CT molecular complexity index is 339. The first-order valence-electron chi connectivity index (χ1n) is 4.38. The SMILES string of the molecule is Cc1ccc(NCCC(N)=S)cc1Br. The van der Waals surface area contributed by atoms with Gasteiger partial charge in [-0.15, -0.1) is 0 Å². The van der Waals surface area contributed by atoms with Gasteiger partial charge in [0.05, 0.1) is 4.99 Å². The van der Waals surface area contributed by atoms with Gasteiger partial charge in [-0.1, -0.05) is 34.2 Å². The van der Waals surface area contributed by atoms with Gasteiger partial charge >= 0.3 is 0 Å². The summed E-state index contributed by atoms with van der Waals surface area (Å²) in [6.45, 7) is 2.84. The molecule has 0 saturated heterocycles. The van der Waals surface area contributed by atoms with Crippen LogP contribution < -0.4 is 11.1 Å². The molecular formula is C10H13BrN2S. The lowest BCUT2D eigenvalue weighted by molar-refractivity contribution is 1.11. The van der Waals surface area contributed by atoms with E-state index >= 15 is 0 Å². The summed E-state index contributed by atoms with van der Waals surface area (Å²) in [7, 11) is 0. The summed E-state index contributed by atoms with van der Waals surface area (Å²) in [5, 5.41) is 3.25. The summed E-state index contributed by atoms with van der Waals surface area (Å²) >= 11 is 8.26. The van der Waals surface area contributed by atoms with Gasteiger partial charge in [0, 0.05) is 23.1 Å². The van der Waals surface area contributed by atoms with Crippen LogP contribution in [0.1, 0.15) is 12.0 Å². The van der Waals surface area contributed by atoms with Crippen molar-refractivity contribution in [3.63, 3.8) is 0 Å². The molecule has 1 aromatic carbocycles. The Hall–Kier alpha value is -0.610. The Morgan fingerprint density at radius 1 is 1.57 bits per heavy atom. The Morgan fingerprint density at radius 3 is 2.86 bits per heavy atom. The van der Waals surface area contributed by atoms with Crippen molar-refractivity contribution in [3.8, 4) is 0 Å². The number of benzene rings is 1. The average molecular weight is 273 g/mol. The zero-order chi connectivity index (χ0) is 10.6. The second kappa shape index (κ2) is 5.32. The first-order valence-corrected chi connectivity index (χ1v) is 5.58. The molecular weight excluding hydrogens is 260 g/mol. The smallest absolute Gasteiger partial charge is 0.0745 e. The van der Waals surface area contributed by atoms with Crippen LogP contribution in [0.2, 0.25) is 0 Å². The third-order valence-electron chi connectivity index (χ3n) is 1.87. The largest absolute Gasteiger partial charge is 0.393 e. The lowest BCUT2D eigenvalue weighted by Crippen LogP contribution is -2.13. The number of halogens is 1. The zero-order valence-corrected chi connectivity index (χ0v) is 10.4. The minimum absolute atomic E-state index is 0.545. The lowest BCUT2D eigenvalue weighted by Gasteiger charge is -2.07. The van der Waals surface area contributed by atoms with Crippen LogP contribution in [0, 0.1) is 6.92 Å². The molecule has 0 saturated carbocycles. The number of nitrogens with one attached hydrogen (secondary N) is 1. The van der Waals surface area contributed by atoms with Crippen LogP contribution in [-0.2, 0) is 0 Å². The molecule has 0 atom stereocenters. The summed E-state index contributed by atoms with van der Waals surface area (Å²) in [5.74, 6) is 0. The fourth-order valence-corrected chi connectivity index (χ4v) is 1.51. The van der Waals surface area contributed by atoms with Crippen LogP contribution in [0.25, 0.3) is 0 Å². The maximum absolute atomic E-state index is 5.39. The Morgan fingerprint density at radius 2 is 2.29 bits per heavy atom. The normalized spacial score (nSPS) is 9.86. The number of rotatable bonds is 4. The highest BCUT2D eigenvalue weighted by atomic mass is 79.9. The minimum atomic E-state index is 0.545. The van der Waals surface area contributed by atoms with Crippen molar-refractivity contribution >= 4 is 38.8 Å². The summed E-state index contributed by atoms with van der Waals surface area (Å²) in [6.07, 6.45) is 0.723. The average Bonchev–Trinajstić information content (AvgIpc) is 2.10. The lowest BCUT2D eigenvalue weighted by atomic mass is 10.2. The minimum Gasteiger partial charge on any atom is -0.393 e. The maximum atomic E-state index is 5.39. The molecule has 0 aliphatic carbocycles. The molecule has 0 unspecified atom stereocenters. The monoisotopic (exact) mass is 272 g/mol. The highest BCUT2D eigenvalue weighted by Crippen LogP contribution is 2.20. The predicted molar refractivity (Wildman–Crippen MR) is 68.8 cm³/mol. The van der Waals surface area contributed by atoms with Crippen LogP contribution in [-0.4, -0.2) is 11.5 Å². The number of aryl methyl sites for hydroxylation is 1. The standard InChI is InChI=1S/C10H13BrN2S/c1-7-2-3-8(6-9(7)11)13-5-4-10(12)14/h2-3,6,13H,4-5H2,1H3,(H2,12,14). The van der Waals surface area contributed by atoms with Crippen molar-refractivity contribution in [1.29, 1.82) is 0 Å². The molecule has 0 spiro atoms. The second-order valence-corrected chi connectivity index (χ2v) is 4.49. The van der Waals surface area contributed by atoms with E-state index in [1.807, 2.05) is 6.07 Å². The van der Waals surface area contributed by atoms with Gasteiger partial charge < -0.3 is 11.1 Å². The molecule has 0 aliphatic heterocycles. The molecule has 0 bridgehead atoms. The molecule has 2 nitrogen and oxygen atoms in total. The van der Waals surface area contributed by atoms with Gasteiger partial charge in [0.15, 0.2) is 0 Å². The summed E-state index contributed by atoms with van der Waals surface area (Å²) in [5.41, 5.74) is 7.70. The van der Waals surface area contributed by atoms with E-state index in [2.05, 4.69) is 40.3 Å². The molecule has 3 N–H and O–H groups in total. The van der Waals surface area contributed by atoms with Gasteiger partial charge in [-0.25, -0.2) is 0 Å². The van der Waals surface area contributed by atoms with Gasteiger partial charge in [0.2, 0.25) is 0 Å². The zero-order valence-electron chi connectivity index (χ0n) is 8.01. The molecule has 0 aromatic heterocycles. The number of nitrogens with two attached hydrogens (primary N) is 1. The summed E-state index contributed by atoms with van der Waals surface area (Å²) in [6, 6.07) is 6.15. The predicted octanol–water partition coefficient (Wildman–Crippen LogP) is 2.85. The molecule has 4 heteroatoms. The second-order valence-electron chi connectivity index (χ2n) is 3.11. The summed E-state index contributed by atoms with van der Waals surface area (Å²) in [4.78, 5) is 0.545. The van der Waals surface area contributed by atoms with Crippen LogP contribution >= 0.6 is 28.1 Å². The molecule has 0 amide bonds. The van der Waals surface area contributed by atoms with Crippen molar-refractivity contribution in [3.05, 3.63) is 28.2 Å². The number of hydrogen-bond donors (Lipinski definition) is 2. The molecule has 14 heavy (non-hydrogen) atoms. The van der Waals surface area contributed by atoms with Crippen molar-refractivity contribution in [2.45, 2.75) is 13.3 Å². The molecule has 0 fully saturated rings. The van der Waals surface area contributed by atoms with Gasteiger partial charge in [-0.3, -0.25) is 0 Å². The van der Waals surface area contributed by atoms with E-state index in [0.29, 0.717) is 4.99 Å². The van der Waals surface area contributed by atoms with E-state index in [-0.39, 0.29) is 0 Å².